The summed E-state index contributed by atoms with van der Waals surface area (Å²) in [4.78, 5) is 2.29. The Morgan fingerprint density at radius 3 is 2.67 bits per heavy atom. The van der Waals surface area contributed by atoms with Gasteiger partial charge < -0.3 is 10.6 Å². The number of hydrogen-bond donors (Lipinski definition) is 1. The van der Waals surface area contributed by atoms with Gasteiger partial charge in [0, 0.05) is 13.1 Å². The number of nitrogen functional groups attached to an aromatic ring is 1. The number of nitrogens with zero attached hydrogens (tertiary/aromatic N) is 1. The SMILES string of the molecule is CC1(C)CCN(c2c(N)cccc2Cl)C1. The molecule has 0 radical (unpaired) electrons. The third kappa shape index (κ3) is 2.05. The molecule has 2 rings (SSSR count). The van der Waals surface area contributed by atoms with Crippen LogP contribution in [0.25, 0.3) is 0 Å². The normalized spacial score (nSPS) is 19.5. The first kappa shape index (κ1) is 10.6. The molecule has 1 aromatic carbocycles. The average molecular weight is 225 g/mol. The molecule has 0 atom stereocenters. The van der Waals surface area contributed by atoms with Crippen LogP contribution in [-0.4, -0.2) is 13.1 Å². The van der Waals surface area contributed by atoms with Crippen molar-refractivity contribution in [1.29, 1.82) is 0 Å². The van der Waals surface area contributed by atoms with Crippen molar-refractivity contribution in [3.05, 3.63) is 23.2 Å². The van der Waals surface area contributed by atoms with E-state index in [-0.39, 0.29) is 0 Å². The van der Waals surface area contributed by atoms with Gasteiger partial charge in [-0.25, -0.2) is 0 Å². The highest BCUT2D eigenvalue weighted by Crippen LogP contribution is 2.38. The topological polar surface area (TPSA) is 29.3 Å². The lowest BCUT2D eigenvalue weighted by molar-refractivity contribution is 0.418. The summed E-state index contributed by atoms with van der Waals surface area (Å²) in [6.07, 6.45) is 1.19. The van der Waals surface area contributed by atoms with E-state index in [1.165, 1.54) is 6.42 Å². The van der Waals surface area contributed by atoms with Crippen LogP contribution >= 0.6 is 11.6 Å². The minimum Gasteiger partial charge on any atom is -0.397 e. The molecule has 1 heterocycles. The molecule has 2 nitrogen and oxygen atoms in total. The first-order valence-electron chi connectivity index (χ1n) is 5.28. The van der Waals surface area contributed by atoms with Crippen LogP contribution in [0, 0.1) is 5.41 Å². The monoisotopic (exact) mass is 224 g/mol. The first-order chi connectivity index (χ1) is 6.99. The highest BCUT2D eigenvalue weighted by atomic mass is 35.5. The highest BCUT2D eigenvalue weighted by Gasteiger charge is 2.30. The van der Waals surface area contributed by atoms with E-state index in [4.69, 9.17) is 17.3 Å². The molecule has 0 aromatic heterocycles. The maximum Gasteiger partial charge on any atom is 0.0789 e. The fraction of sp³-hybridized carbons (Fsp3) is 0.500. The summed E-state index contributed by atoms with van der Waals surface area (Å²) in [5.41, 5.74) is 8.11. The Labute approximate surface area is 96.0 Å². The van der Waals surface area contributed by atoms with Crippen molar-refractivity contribution in [3.8, 4) is 0 Å². The van der Waals surface area contributed by atoms with Gasteiger partial charge in [0.1, 0.15) is 0 Å². The number of nitrogens with two attached hydrogens (primary N) is 1. The Hall–Kier alpha value is -0.890. The highest BCUT2D eigenvalue weighted by molar-refractivity contribution is 6.34. The number of halogens is 1. The van der Waals surface area contributed by atoms with Crippen LogP contribution < -0.4 is 10.6 Å². The van der Waals surface area contributed by atoms with Crippen LogP contribution in [0.4, 0.5) is 11.4 Å². The summed E-state index contributed by atoms with van der Waals surface area (Å²) in [6, 6.07) is 5.70. The molecule has 82 valence electrons. The molecular weight excluding hydrogens is 208 g/mol. The molecule has 2 N–H and O–H groups in total. The molecule has 1 aromatic rings. The molecule has 0 spiro atoms. The number of rotatable bonds is 1. The van der Waals surface area contributed by atoms with Gasteiger partial charge in [-0.1, -0.05) is 31.5 Å². The average Bonchev–Trinajstić information content (AvgIpc) is 2.46. The van der Waals surface area contributed by atoms with Gasteiger partial charge >= 0.3 is 0 Å². The number of anilines is 2. The molecule has 0 saturated carbocycles. The van der Waals surface area contributed by atoms with E-state index in [0.717, 1.165) is 29.5 Å². The van der Waals surface area contributed by atoms with Gasteiger partial charge in [-0.2, -0.15) is 0 Å². The molecule has 0 unspecified atom stereocenters. The van der Waals surface area contributed by atoms with E-state index in [1.807, 2.05) is 18.2 Å². The summed E-state index contributed by atoms with van der Waals surface area (Å²) in [5, 5.41) is 0.757. The smallest absolute Gasteiger partial charge is 0.0789 e. The van der Waals surface area contributed by atoms with Gasteiger partial charge in [-0.3, -0.25) is 0 Å². The van der Waals surface area contributed by atoms with Crippen LogP contribution in [0.15, 0.2) is 18.2 Å². The summed E-state index contributed by atoms with van der Waals surface area (Å²) in [7, 11) is 0. The number of benzene rings is 1. The lowest BCUT2D eigenvalue weighted by atomic mass is 9.93. The minimum atomic E-state index is 0.367. The van der Waals surface area contributed by atoms with Crippen LogP contribution in [0.2, 0.25) is 5.02 Å². The zero-order chi connectivity index (χ0) is 11.1. The first-order valence-corrected chi connectivity index (χ1v) is 5.66. The summed E-state index contributed by atoms with van der Waals surface area (Å²) in [6.45, 7) is 6.63. The van der Waals surface area contributed by atoms with Gasteiger partial charge in [0.25, 0.3) is 0 Å². The summed E-state index contributed by atoms with van der Waals surface area (Å²) >= 11 is 6.18. The maximum absolute atomic E-state index is 6.18. The Kier molecular flexibility index (Phi) is 2.55. The molecule has 1 aliphatic rings. The number of hydrogen-bond acceptors (Lipinski definition) is 2. The lowest BCUT2D eigenvalue weighted by Gasteiger charge is -2.23. The molecule has 0 aliphatic carbocycles. The largest absolute Gasteiger partial charge is 0.397 e. The Morgan fingerprint density at radius 1 is 1.40 bits per heavy atom. The summed E-state index contributed by atoms with van der Waals surface area (Å²) < 4.78 is 0. The van der Waals surface area contributed by atoms with Gasteiger partial charge in [0.15, 0.2) is 0 Å². The Bertz CT molecular complexity index is 354. The summed E-state index contributed by atoms with van der Waals surface area (Å²) in [5.74, 6) is 0. The van der Waals surface area contributed by atoms with Crippen molar-refractivity contribution in [3.63, 3.8) is 0 Å². The Balaban J connectivity index is 2.31. The second-order valence-electron chi connectivity index (χ2n) is 5.01. The van der Waals surface area contributed by atoms with Crippen molar-refractivity contribution in [2.24, 2.45) is 5.41 Å². The molecule has 1 saturated heterocycles. The van der Waals surface area contributed by atoms with E-state index < -0.39 is 0 Å². The van der Waals surface area contributed by atoms with Crippen LogP contribution in [0.3, 0.4) is 0 Å². The zero-order valence-electron chi connectivity index (χ0n) is 9.26. The predicted molar refractivity (Wildman–Crippen MR) is 66.5 cm³/mol. The van der Waals surface area contributed by atoms with Gasteiger partial charge in [0.05, 0.1) is 16.4 Å². The van der Waals surface area contributed by atoms with E-state index in [1.54, 1.807) is 0 Å². The van der Waals surface area contributed by atoms with Gasteiger partial charge in [-0.05, 0) is 24.0 Å². The number of para-hydroxylation sites is 1. The second kappa shape index (κ2) is 3.60. The van der Waals surface area contributed by atoms with Crippen molar-refractivity contribution < 1.29 is 0 Å². The fourth-order valence-electron chi connectivity index (χ4n) is 2.17. The van der Waals surface area contributed by atoms with Crippen LogP contribution in [-0.2, 0) is 0 Å². The van der Waals surface area contributed by atoms with E-state index in [2.05, 4.69) is 18.7 Å². The van der Waals surface area contributed by atoms with Gasteiger partial charge in [-0.15, -0.1) is 0 Å². The van der Waals surface area contributed by atoms with Crippen molar-refractivity contribution in [1.82, 2.24) is 0 Å². The lowest BCUT2D eigenvalue weighted by Crippen LogP contribution is -2.23. The van der Waals surface area contributed by atoms with E-state index in [0.29, 0.717) is 5.41 Å². The van der Waals surface area contributed by atoms with E-state index >= 15 is 0 Å². The van der Waals surface area contributed by atoms with Crippen LogP contribution in [0.1, 0.15) is 20.3 Å². The fourth-order valence-corrected chi connectivity index (χ4v) is 2.47. The quantitative estimate of drug-likeness (QED) is 0.743. The van der Waals surface area contributed by atoms with Gasteiger partial charge in [0.2, 0.25) is 0 Å². The molecular formula is C12H17ClN2. The molecule has 15 heavy (non-hydrogen) atoms. The zero-order valence-corrected chi connectivity index (χ0v) is 10.0. The molecule has 1 fully saturated rings. The molecule has 0 bridgehead atoms. The predicted octanol–water partition coefficient (Wildman–Crippen LogP) is 3.16. The van der Waals surface area contributed by atoms with Crippen molar-refractivity contribution in [2.45, 2.75) is 20.3 Å². The third-order valence-electron chi connectivity index (χ3n) is 3.01. The van der Waals surface area contributed by atoms with E-state index in [9.17, 15) is 0 Å². The molecule has 0 amide bonds. The standard InChI is InChI=1S/C12H17ClN2/c1-12(2)6-7-15(8-12)11-9(13)4-3-5-10(11)14/h3-5H,6-8,14H2,1-2H3. The van der Waals surface area contributed by atoms with Crippen LogP contribution in [0.5, 0.6) is 0 Å². The minimum absolute atomic E-state index is 0.367. The maximum atomic E-state index is 6.18. The molecule has 3 heteroatoms. The van der Waals surface area contributed by atoms with Crippen molar-refractivity contribution in [2.75, 3.05) is 23.7 Å². The Morgan fingerprint density at radius 2 is 2.13 bits per heavy atom. The second-order valence-corrected chi connectivity index (χ2v) is 5.42. The molecule has 1 aliphatic heterocycles. The third-order valence-corrected chi connectivity index (χ3v) is 3.32. The van der Waals surface area contributed by atoms with Crippen molar-refractivity contribution >= 4 is 23.0 Å².